The van der Waals surface area contributed by atoms with Gasteiger partial charge in [-0.1, -0.05) is 30.3 Å². The van der Waals surface area contributed by atoms with Crippen LogP contribution in [0.1, 0.15) is 24.3 Å². The van der Waals surface area contributed by atoms with Gasteiger partial charge in [0, 0.05) is 24.1 Å². The first-order valence-corrected chi connectivity index (χ1v) is 8.73. The summed E-state index contributed by atoms with van der Waals surface area (Å²) in [4.78, 5) is 16.9. The highest BCUT2D eigenvalue weighted by atomic mass is 16.3. The number of nitrogens with one attached hydrogen (secondary N) is 2. The van der Waals surface area contributed by atoms with E-state index in [1.807, 2.05) is 36.4 Å². The second-order valence-electron chi connectivity index (χ2n) is 6.47. The van der Waals surface area contributed by atoms with Gasteiger partial charge in [0.05, 0.1) is 0 Å². The smallest absolute Gasteiger partial charge is 0.227 e. The average molecular weight is 335 g/mol. The molecule has 1 aromatic heterocycles. The second-order valence-corrected chi connectivity index (χ2v) is 6.47. The molecule has 0 bridgehead atoms. The van der Waals surface area contributed by atoms with Crippen molar-refractivity contribution >= 4 is 22.7 Å². The summed E-state index contributed by atoms with van der Waals surface area (Å²) in [6, 6.07) is 15.8. The van der Waals surface area contributed by atoms with E-state index in [4.69, 9.17) is 4.42 Å². The highest BCUT2D eigenvalue weighted by Gasteiger charge is 2.21. The van der Waals surface area contributed by atoms with Crippen molar-refractivity contribution in [3.05, 3.63) is 60.0 Å². The van der Waals surface area contributed by atoms with E-state index in [-0.39, 0.29) is 11.8 Å². The third-order valence-electron chi connectivity index (χ3n) is 4.61. The van der Waals surface area contributed by atoms with Gasteiger partial charge in [-0.2, -0.15) is 0 Å². The molecule has 4 rings (SSSR count). The molecule has 1 aliphatic rings. The number of anilines is 1. The predicted octanol–water partition coefficient (Wildman–Crippen LogP) is 3.36. The summed E-state index contributed by atoms with van der Waals surface area (Å²) in [5, 5.41) is 6.29. The first-order chi connectivity index (χ1) is 12.3. The van der Waals surface area contributed by atoms with Gasteiger partial charge < -0.3 is 15.1 Å². The van der Waals surface area contributed by atoms with Crippen molar-refractivity contribution < 1.29 is 9.21 Å². The van der Waals surface area contributed by atoms with Crippen LogP contribution in [-0.2, 0) is 11.2 Å². The summed E-state index contributed by atoms with van der Waals surface area (Å²) in [5.74, 6) is 0.855. The number of nitrogens with zero attached hydrogens (tertiary/aromatic N) is 1. The number of rotatable bonds is 4. The van der Waals surface area contributed by atoms with Crippen LogP contribution < -0.4 is 10.6 Å². The summed E-state index contributed by atoms with van der Waals surface area (Å²) in [7, 11) is 0. The van der Waals surface area contributed by atoms with Crippen LogP contribution in [-0.4, -0.2) is 24.0 Å². The molecular formula is C20H21N3O2. The standard InChI is InChI=1S/C20H21N3O2/c24-20(15-8-10-21-11-9-15)22-16-6-7-17-18(13-16)25-19(23-17)12-14-4-2-1-3-5-14/h1-7,13,15,21H,8-12H2,(H,22,24). The molecule has 25 heavy (non-hydrogen) atoms. The number of piperidine rings is 1. The lowest BCUT2D eigenvalue weighted by atomic mass is 9.97. The van der Waals surface area contributed by atoms with Crippen LogP contribution in [0.15, 0.2) is 52.9 Å². The molecule has 0 unspecified atom stereocenters. The predicted molar refractivity (Wildman–Crippen MR) is 97.5 cm³/mol. The number of carbonyl (C=O) groups excluding carboxylic acids is 1. The van der Waals surface area contributed by atoms with Crippen molar-refractivity contribution in [1.29, 1.82) is 0 Å². The maximum Gasteiger partial charge on any atom is 0.227 e. The Kier molecular flexibility index (Phi) is 4.48. The molecule has 0 radical (unpaired) electrons. The number of benzene rings is 2. The number of hydrogen-bond donors (Lipinski definition) is 2. The fraction of sp³-hybridized carbons (Fsp3) is 0.300. The molecule has 3 aromatic rings. The van der Waals surface area contributed by atoms with Crippen molar-refractivity contribution in [2.75, 3.05) is 18.4 Å². The molecule has 2 aromatic carbocycles. The minimum atomic E-state index is 0.0836. The topological polar surface area (TPSA) is 67.2 Å². The van der Waals surface area contributed by atoms with E-state index in [1.165, 1.54) is 0 Å². The molecule has 2 N–H and O–H groups in total. The summed E-state index contributed by atoms with van der Waals surface area (Å²) < 4.78 is 5.87. The normalized spacial score (nSPS) is 15.4. The van der Waals surface area contributed by atoms with E-state index < -0.39 is 0 Å². The van der Waals surface area contributed by atoms with Gasteiger partial charge in [0.15, 0.2) is 11.5 Å². The molecule has 1 fully saturated rings. The van der Waals surface area contributed by atoms with Crippen molar-refractivity contribution in [1.82, 2.24) is 10.3 Å². The van der Waals surface area contributed by atoms with E-state index in [0.717, 1.165) is 42.7 Å². The zero-order chi connectivity index (χ0) is 17.1. The van der Waals surface area contributed by atoms with Crippen LogP contribution >= 0.6 is 0 Å². The third kappa shape index (κ3) is 3.72. The molecule has 0 atom stereocenters. The van der Waals surface area contributed by atoms with E-state index in [2.05, 4.69) is 27.8 Å². The quantitative estimate of drug-likeness (QED) is 0.767. The van der Waals surface area contributed by atoms with Crippen LogP contribution in [0.25, 0.3) is 11.1 Å². The van der Waals surface area contributed by atoms with Crippen molar-refractivity contribution in [2.24, 2.45) is 5.92 Å². The van der Waals surface area contributed by atoms with Crippen LogP contribution in [0.3, 0.4) is 0 Å². The molecule has 1 saturated heterocycles. The Bertz CT molecular complexity index is 867. The molecule has 5 nitrogen and oxygen atoms in total. The molecule has 1 amide bonds. The van der Waals surface area contributed by atoms with Crippen LogP contribution in [0.2, 0.25) is 0 Å². The number of hydrogen-bond acceptors (Lipinski definition) is 4. The van der Waals surface area contributed by atoms with Gasteiger partial charge in [0.2, 0.25) is 5.91 Å². The monoisotopic (exact) mass is 335 g/mol. The molecule has 0 aliphatic carbocycles. The highest BCUT2D eigenvalue weighted by molar-refractivity contribution is 5.94. The number of aromatic nitrogens is 1. The van der Waals surface area contributed by atoms with Gasteiger partial charge in [-0.3, -0.25) is 4.79 Å². The number of carbonyl (C=O) groups is 1. The highest BCUT2D eigenvalue weighted by Crippen LogP contribution is 2.23. The Morgan fingerprint density at radius 3 is 2.76 bits per heavy atom. The SMILES string of the molecule is O=C(Nc1ccc2nc(Cc3ccccc3)oc2c1)C1CCNCC1. The summed E-state index contributed by atoms with van der Waals surface area (Å²) in [5.41, 5.74) is 3.44. The van der Waals surface area contributed by atoms with Gasteiger partial charge in [-0.25, -0.2) is 4.98 Å². The summed E-state index contributed by atoms with van der Waals surface area (Å²) in [6.07, 6.45) is 2.43. The second kappa shape index (κ2) is 7.07. The minimum absolute atomic E-state index is 0.0836. The van der Waals surface area contributed by atoms with Crippen molar-refractivity contribution in [3.8, 4) is 0 Å². The molecule has 5 heteroatoms. The fourth-order valence-corrected chi connectivity index (χ4v) is 3.22. The first kappa shape index (κ1) is 15.8. The fourth-order valence-electron chi connectivity index (χ4n) is 3.22. The maximum atomic E-state index is 12.4. The third-order valence-corrected chi connectivity index (χ3v) is 4.61. The zero-order valence-electron chi connectivity index (χ0n) is 14.0. The molecule has 2 heterocycles. The van der Waals surface area contributed by atoms with E-state index in [1.54, 1.807) is 0 Å². The molecule has 0 saturated carbocycles. The average Bonchev–Trinajstić information content (AvgIpc) is 3.04. The molecule has 128 valence electrons. The number of fused-ring (bicyclic) bond motifs is 1. The minimum Gasteiger partial charge on any atom is -0.440 e. The molecular weight excluding hydrogens is 314 g/mol. The Morgan fingerprint density at radius 1 is 1.16 bits per heavy atom. The molecule has 1 aliphatic heterocycles. The van der Waals surface area contributed by atoms with Gasteiger partial charge in [0.25, 0.3) is 0 Å². The largest absolute Gasteiger partial charge is 0.440 e. The van der Waals surface area contributed by atoms with Gasteiger partial charge in [-0.15, -0.1) is 0 Å². The molecule has 0 spiro atoms. The lowest BCUT2D eigenvalue weighted by Crippen LogP contribution is -2.34. The Balaban J connectivity index is 1.49. The van der Waals surface area contributed by atoms with Crippen molar-refractivity contribution in [3.63, 3.8) is 0 Å². The number of amides is 1. The maximum absolute atomic E-state index is 12.4. The summed E-state index contributed by atoms with van der Waals surface area (Å²) in [6.45, 7) is 1.81. The zero-order valence-corrected chi connectivity index (χ0v) is 14.0. The van der Waals surface area contributed by atoms with Gasteiger partial charge in [0.1, 0.15) is 5.52 Å². The van der Waals surface area contributed by atoms with Gasteiger partial charge >= 0.3 is 0 Å². The first-order valence-electron chi connectivity index (χ1n) is 8.73. The van der Waals surface area contributed by atoms with E-state index in [0.29, 0.717) is 17.9 Å². The summed E-state index contributed by atoms with van der Waals surface area (Å²) >= 11 is 0. The number of oxazole rings is 1. The van der Waals surface area contributed by atoms with Crippen LogP contribution in [0, 0.1) is 5.92 Å². The van der Waals surface area contributed by atoms with E-state index in [9.17, 15) is 4.79 Å². The van der Waals surface area contributed by atoms with Gasteiger partial charge in [-0.05, 0) is 43.6 Å². The van der Waals surface area contributed by atoms with Crippen LogP contribution in [0.5, 0.6) is 0 Å². The van der Waals surface area contributed by atoms with E-state index >= 15 is 0 Å². The lowest BCUT2D eigenvalue weighted by molar-refractivity contribution is -0.120. The Hall–Kier alpha value is -2.66. The van der Waals surface area contributed by atoms with Crippen molar-refractivity contribution in [2.45, 2.75) is 19.3 Å². The Labute approximate surface area is 146 Å². The Morgan fingerprint density at radius 2 is 1.96 bits per heavy atom. The van der Waals surface area contributed by atoms with Crippen LogP contribution in [0.4, 0.5) is 5.69 Å². The lowest BCUT2D eigenvalue weighted by Gasteiger charge is -2.21.